The maximum Gasteiger partial charge on any atom is 1.00 e. The number of aliphatic carboxylic acids is 1. The Hall–Kier alpha value is -1.69. The zero-order chi connectivity index (χ0) is 15.4. The average molecular weight is 306 g/mol. The molecular formula is C16H11NaO5. The summed E-state index contributed by atoms with van der Waals surface area (Å²) in [6, 6.07) is 2.99. The molecule has 0 saturated heterocycles. The van der Waals surface area contributed by atoms with Crippen LogP contribution in [-0.2, 0) is 4.79 Å². The number of fused-ring (bicyclic) bond motifs is 3. The van der Waals surface area contributed by atoms with Crippen molar-refractivity contribution in [2.24, 2.45) is 0 Å². The first-order valence-corrected chi connectivity index (χ1v) is 6.37. The van der Waals surface area contributed by atoms with E-state index in [-0.39, 0.29) is 40.7 Å². The molecule has 0 unspecified atom stereocenters. The Bertz CT molecular complexity index is 771. The normalized spacial score (nSPS) is 17.6. The molecule has 1 aromatic carbocycles. The van der Waals surface area contributed by atoms with Crippen LogP contribution in [0.5, 0.6) is 5.75 Å². The van der Waals surface area contributed by atoms with Crippen molar-refractivity contribution in [1.29, 1.82) is 0 Å². The van der Waals surface area contributed by atoms with Crippen LogP contribution in [-0.4, -0.2) is 23.1 Å². The molecule has 0 aromatic heterocycles. The van der Waals surface area contributed by atoms with E-state index in [0.29, 0.717) is 11.3 Å². The van der Waals surface area contributed by atoms with Crippen LogP contribution in [0.4, 0.5) is 0 Å². The zero-order valence-electron chi connectivity index (χ0n) is 12.4. The topological polar surface area (TPSA) is 83.5 Å². The third-order valence-corrected chi connectivity index (χ3v) is 3.46. The van der Waals surface area contributed by atoms with Crippen LogP contribution >= 0.6 is 0 Å². The summed E-state index contributed by atoms with van der Waals surface area (Å²) in [6.45, 7) is 3.74. The molecule has 0 fully saturated rings. The van der Waals surface area contributed by atoms with E-state index >= 15 is 0 Å². The average Bonchev–Trinajstić information content (AvgIpc) is 2.40. The number of carbonyl (C=O) groups excluding carboxylic acids is 3. The van der Waals surface area contributed by atoms with Crippen LogP contribution in [0.15, 0.2) is 29.9 Å². The predicted molar refractivity (Wildman–Crippen MR) is 71.9 cm³/mol. The fraction of sp³-hybridized carbons (Fsp3) is 0.188. The first kappa shape index (κ1) is 16.7. The molecule has 106 valence electrons. The fourth-order valence-corrected chi connectivity index (χ4v) is 2.48. The van der Waals surface area contributed by atoms with Crippen molar-refractivity contribution in [3.05, 3.63) is 46.5 Å². The number of carboxylic acid groups (broad SMARTS) is 1. The quantitative estimate of drug-likeness (QED) is 0.440. The minimum absolute atomic E-state index is 0. The standard InChI is InChI=1S/C16H12O5.Na/c1-16(2)6-5-8-12(21-16)4-3-9-13(8)11(17)7-10(14(9)18)15(19)20;/h3-7H,1-2H3,(H,19,20);/q;+1/p-1. The molecule has 1 heterocycles. The molecule has 0 saturated carbocycles. The summed E-state index contributed by atoms with van der Waals surface area (Å²) in [6.07, 6.45) is 4.32. The van der Waals surface area contributed by atoms with Crippen LogP contribution in [0.3, 0.4) is 0 Å². The number of ketones is 2. The summed E-state index contributed by atoms with van der Waals surface area (Å²) < 4.78 is 5.74. The molecule has 0 amide bonds. The second-order valence-corrected chi connectivity index (χ2v) is 5.48. The van der Waals surface area contributed by atoms with Gasteiger partial charge in [0.15, 0.2) is 11.6 Å². The Balaban J connectivity index is 0.00000176. The number of carbonyl (C=O) groups is 3. The van der Waals surface area contributed by atoms with E-state index in [1.807, 2.05) is 13.8 Å². The van der Waals surface area contributed by atoms with Gasteiger partial charge in [-0.2, -0.15) is 0 Å². The summed E-state index contributed by atoms with van der Waals surface area (Å²) >= 11 is 0. The summed E-state index contributed by atoms with van der Waals surface area (Å²) in [5, 5.41) is 10.9. The van der Waals surface area contributed by atoms with Gasteiger partial charge in [0, 0.05) is 22.3 Å². The molecule has 1 aliphatic carbocycles. The van der Waals surface area contributed by atoms with Gasteiger partial charge in [0.05, 0.1) is 5.97 Å². The number of allylic oxidation sites excluding steroid dienone is 1. The first-order chi connectivity index (χ1) is 9.80. The molecule has 1 aliphatic heterocycles. The third-order valence-electron chi connectivity index (χ3n) is 3.46. The van der Waals surface area contributed by atoms with Crippen LogP contribution in [0.2, 0.25) is 0 Å². The van der Waals surface area contributed by atoms with Crippen molar-refractivity contribution < 1.29 is 53.8 Å². The van der Waals surface area contributed by atoms with Gasteiger partial charge < -0.3 is 14.6 Å². The third kappa shape index (κ3) is 2.56. The second-order valence-electron chi connectivity index (χ2n) is 5.48. The van der Waals surface area contributed by atoms with Gasteiger partial charge in [0.1, 0.15) is 11.4 Å². The maximum absolute atomic E-state index is 12.2. The van der Waals surface area contributed by atoms with E-state index in [1.54, 1.807) is 18.2 Å². The number of ether oxygens (including phenoxy) is 1. The minimum Gasteiger partial charge on any atom is -0.545 e. The Labute approximate surface area is 148 Å². The smallest absolute Gasteiger partial charge is 0.545 e. The van der Waals surface area contributed by atoms with Crippen molar-refractivity contribution >= 4 is 23.6 Å². The maximum atomic E-state index is 12.2. The largest absolute Gasteiger partial charge is 1.00 e. The van der Waals surface area contributed by atoms with Crippen LogP contribution in [0, 0.1) is 0 Å². The summed E-state index contributed by atoms with van der Waals surface area (Å²) in [4.78, 5) is 35.2. The molecule has 1 aromatic rings. The second kappa shape index (κ2) is 5.50. The number of Topliss-reactive ketones (excluding diaryl/α,β-unsaturated/α-hetero) is 1. The van der Waals surface area contributed by atoms with Crippen molar-refractivity contribution in [1.82, 2.24) is 0 Å². The number of benzene rings is 1. The van der Waals surface area contributed by atoms with Crippen LogP contribution in [0.1, 0.15) is 40.1 Å². The Morgan fingerprint density at radius 2 is 1.91 bits per heavy atom. The van der Waals surface area contributed by atoms with Gasteiger partial charge >= 0.3 is 29.6 Å². The minimum atomic E-state index is -1.65. The molecule has 22 heavy (non-hydrogen) atoms. The van der Waals surface area contributed by atoms with Gasteiger partial charge in [0.2, 0.25) is 0 Å². The van der Waals surface area contributed by atoms with Crippen LogP contribution < -0.4 is 39.4 Å². The molecule has 2 aliphatic rings. The number of carboxylic acids is 1. The molecule has 5 nitrogen and oxygen atoms in total. The summed E-state index contributed by atoms with van der Waals surface area (Å²) in [7, 11) is 0. The van der Waals surface area contributed by atoms with Crippen molar-refractivity contribution in [2.45, 2.75) is 19.4 Å². The van der Waals surface area contributed by atoms with E-state index in [9.17, 15) is 19.5 Å². The zero-order valence-corrected chi connectivity index (χ0v) is 14.4. The summed E-state index contributed by atoms with van der Waals surface area (Å²) in [5.74, 6) is -2.41. The van der Waals surface area contributed by atoms with Gasteiger partial charge in [-0.15, -0.1) is 0 Å². The fourth-order valence-electron chi connectivity index (χ4n) is 2.48. The van der Waals surface area contributed by atoms with Gasteiger partial charge in [-0.1, -0.05) is 6.08 Å². The Morgan fingerprint density at radius 3 is 2.55 bits per heavy atom. The van der Waals surface area contributed by atoms with Gasteiger partial charge in [-0.05, 0) is 38.1 Å². The number of hydrogen-bond donors (Lipinski definition) is 0. The predicted octanol–water partition coefficient (Wildman–Crippen LogP) is -2.07. The SMILES string of the molecule is CC1(C)C=Cc2c(ccc3c2C(=O)C=C(C(=O)[O-])C3=O)O1.[Na+]. The molecule has 3 rings (SSSR count). The Morgan fingerprint density at radius 1 is 1.23 bits per heavy atom. The molecule has 0 spiro atoms. The molecule has 0 N–H and O–H groups in total. The molecular weight excluding hydrogens is 295 g/mol. The monoisotopic (exact) mass is 306 g/mol. The van der Waals surface area contributed by atoms with E-state index in [1.165, 1.54) is 6.07 Å². The van der Waals surface area contributed by atoms with E-state index in [4.69, 9.17) is 4.74 Å². The molecule has 0 radical (unpaired) electrons. The Kier molecular flexibility index (Phi) is 4.17. The molecule has 0 atom stereocenters. The van der Waals surface area contributed by atoms with E-state index in [2.05, 4.69) is 0 Å². The van der Waals surface area contributed by atoms with E-state index < -0.39 is 28.7 Å². The van der Waals surface area contributed by atoms with Crippen molar-refractivity contribution in [3.63, 3.8) is 0 Å². The summed E-state index contributed by atoms with van der Waals surface area (Å²) in [5.41, 5.74) is -0.385. The number of rotatable bonds is 1. The van der Waals surface area contributed by atoms with Gasteiger partial charge in [-0.3, -0.25) is 9.59 Å². The van der Waals surface area contributed by atoms with E-state index in [0.717, 1.165) is 6.08 Å². The van der Waals surface area contributed by atoms with Gasteiger partial charge in [0.25, 0.3) is 0 Å². The van der Waals surface area contributed by atoms with Gasteiger partial charge in [-0.25, -0.2) is 0 Å². The molecule has 0 bridgehead atoms. The first-order valence-electron chi connectivity index (χ1n) is 6.37. The van der Waals surface area contributed by atoms with Crippen molar-refractivity contribution in [2.75, 3.05) is 0 Å². The molecule has 6 heteroatoms. The van der Waals surface area contributed by atoms with Crippen molar-refractivity contribution in [3.8, 4) is 5.75 Å². The number of hydrogen-bond acceptors (Lipinski definition) is 5. The van der Waals surface area contributed by atoms with Crippen LogP contribution in [0.25, 0.3) is 6.08 Å².